The highest BCUT2D eigenvalue weighted by molar-refractivity contribution is 7.16. The number of esters is 1. The van der Waals surface area contributed by atoms with Crippen LogP contribution in [0.3, 0.4) is 0 Å². The SMILES string of the molecule is COC(=O)c1c(NCc2ccccc2)sc2c1CCCC2. The van der Waals surface area contributed by atoms with Crippen LogP contribution in [0.2, 0.25) is 0 Å². The predicted octanol–water partition coefficient (Wildman–Crippen LogP) is 4.03. The maximum Gasteiger partial charge on any atom is 0.341 e. The molecule has 3 rings (SSSR count). The number of carbonyl (C=O) groups is 1. The van der Waals surface area contributed by atoms with Crippen LogP contribution in [0.15, 0.2) is 30.3 Å². The Balaban J connectivity index is 1.87. The van der Waals surface area contributed by atoms with Crippen LogP contribution in [-0.4, -0.2) is 13.1 Å². The van der Waals surface area contributed by atoms with Crippen molar-refractivity contribution in [3.8, 4) is 0 Å². The Morgan fingerprint density at radius 1 is 1.24 bits per heavy atom. The second-order valence-electron chi connectivity index (χ2n) is 5.25. The van der Waals surface area contributed by atoms with E-state index in [1.54, 1.807) is 11.3 Å². The van der Waals surface area contributed by atoms with Crippen LogP contribution in [0, 0.1) is 0 Å². The van der Waals surface area contributed by atoms with Crippen molar-refractivity contribution >= 4 is 22.3 Å². The monoisotopic (exact) mass is 301 g/mol. The van der Waals surface area contributed by atoms with E-state index in [2.05, 4.69) is 17.4 Å². The van der Waals surface area contributed by atoms with Crippen molar-refractivity contribution in [2.45, 2.75) is 32.2 Å². The quantitative estimate of drug-likeness (QED) is 0.867. The fourth-order valence-corrected chi connectivity index (χ4v) is 4.06. The average molecular weight is 301 g/mol. The molecule has 0 fully saturated rings. The van der Waals surface area contributed by atoms with E-state index in [9.17, 15) is 4.79 Å². The van der Waals surface area contributed by atoms with Gasteiger partial charge in [0.25, 0.3) is 0 Å². The molecule has 1 aliphatic carbocycles. The molecule has 4 heteroatoms. The number of fused-ring (bicyclic) bond motifs is 1. The van der Waals surface area contributed by atoms with Crippen LogP contribution in [0.5, 0.6) is 0 Å². The number of rotatable bonds is 4. The molecule has 0 radical (unpaired) electrons. The van der Waals surface area contributed by atoms with Gasteiger partial charge in [0.05, 0.1) is 12.7 Å². The minimum atomic E-state index is -0.218. The van der Waals surface area contributed by atoms with Gasteiger partial charge < -0.3 is 10.1 Å². The predicted molar refractivity (Wildman–Crippen MR) is 86.1 cm³/mol. The van der Waals surface area contributed by atoms with Gasteiger partial charge in [-0.1, -0.05) is 30.3 Å². The molecule has 1 aliphatic rings. The molecule has 0 unspecified atom stereocenters. The molecule has 0 atom stereocenters. The van der Waals surface area contributed by atoms with Gasteiger partial charge in [-0.25, -0.2) is 4.79 Å². The molecule has 1 heterocycles. The summed E-state index contributed by atoms with van der Waals surface area (Å²) in [4.78, 5) is 13.5. The molecule has 0 bridgehead atoms. The lowest BCUT2D eigenvalue weighted by atomic mass is 9.95. The lowest BCUT2D eigenvalue weighted by molar-refractivity contribution is 0.0601. The molecule has 0 aliphatic heterocycles. The van der Waals surface area contributed by atoms with Crippen LogP contribution >= 0.6 is 11.3 Å². The zero-order chi connectivity index (χ0) is 14.7. The van der Waals surface area contributed by atoms with E-state index >= 15 is 0 Å². The molecule has 0 saturated carbocycles. The maximum absolute atomic E-state index is 12.1. The Bertz CT molecular complexity index is 634. The molecular formula is C17H19NO2S. The zero-order valence-electron chi connectivity index (χ0n) is 12.1. The molecule has 1 aromatic heterocycles. The van der Waals surface area contributed by atoms with Gasteiger partial charge in [-0.15, -0.1) is 11.3 Å². The maximum atomic E-state index is 12.1. The Labute approximate surface area is 129 Å². The number of methoxy groups -OCH3 is 1. The van der Waals surface area contributed by atoms with Gasteiger partial charge >= 0.3 is 5.97 Å². The number of thiophene rings is 1. The third-order valence-electron chi connectivity index (χ3n) is 3.86. The van der Waals surface area contributed by atoms with E-state index in [1.165, 1.54) is 29.5 Å². The van der Waals surface area contributed by atoms with Gasteiger partial charge in [0.15, 0.2) is 0 Å². The van der Waals surface area contributed by atoms with Crippen LogP contribution < -0.4 is 5.32 Å². The van der Waals surface area contributed by atoms with Crippen molar-refractivity contribution in [1.82, 2.24) is 0 Å². The van der Waals surface area contributed by atoms with Crippen molar-refractivity contribution in [1.29, 1.82) is 0 Å². The van der Waals surface area contributed by atoms with Crippen LogP contribution in [0.1, 0.15) is 39.2 Å². The summed E-state index contributed by atoms with van der Waals surface area (Å²) in [5, 5.41) is 4.38. The first kappa shape index (κ1) is 14.1. The lowest BCUT2D eigenvalue weighted by Gasteiger charge is -2.12. The summed E-state index contributed by atoms with van der Waals surface area (Å²) < 4.78 is 4.98. The first-order valence-corrected chi connectivity index (χ1v) is 8.12. The van der Waals surface area contributed by atoms with E-state index in [0.29, 0.717) is 0 Å². The Morgan fingerprint density at radius 3 is 2.76 bits per heavy atom. The number of ether oxygens (including phenoxy) is 1. The Kier molecular flexibility index (Phi) is 4.25. The fraction of sp³-hybridized carbons (Fsp3) is 0.353. The van der Waals surface area contributed by atoms with Crippen molar-refractivity contribution in [2.24, 2.45) is 0 Å². The van der Waals surface area contributed by atoms with Crippen LogP contribution in [0.4, 0.5) is 5.00 Å². The first-order valence-electron chi connectivity index (χ1n) is 7.30. The fourth-order valence-electron chi connectivity index (χ4n) is 2.79. The van der Waals surface area contributed by atoms with Crippen molar-refractivity contribution in [3.05, 3.63) is 51.9 Å². The number of aryl methyl sites for hydroxylation is 1. The number of hydrogen-bond donors (Lipinski definition) is 1. The summed E-state index contributed by atoms with van der Waals surface area (Å²) in [5.74, 6) is -0.218. The van der Waals surface area contributed by atoms with Crippen molar-refractivity contribution in [2.75, 3.05) is 12.4 Å². The largest absolute Gasteiger partial charge is 0.465 e. The third-order valence-corrected chi connectivity index (χ3v) is 5.11. The number of nitrogens with one attached hydrogen (secondary N) is 1. The second kappa shape index (κ2) is 6.31. The van der Waals surface area contributed by atoms with Gasteiger partial charge in [-0.05, 0) is 36.8 Å². The molecular weight excluding hydrogens is 282 g/mol. The van der Waals surface area contributed by atoms with E-state index in [4.69, 9.17) is 4.74 Å². The molecule has 2 aromatic rings. The van der Waals surface area contributed by atoms with E-state index < -0.39 is 0 Å². The second-order valence-corrected chi connectivity index (χ2v) is 6.35. The Morgan fingerprint density at radius 2 is 2.00 bits per heavy atom. The Hall–Kier alpha value is -1.81. The van der Waals surface area contributed by atoms with Gasteiger partial charge in [-0.2, -0.15) is 0 Å². The summed E-state index contributed by atoms with van der Waals surface area (Å²) in [6.07, 6.45) is 4.44. The van der Waals surface area contributed by atoms with E-state index in [1.807, 2.05) is 18.2 Å². The minimum absolute atomic E-state index is 0.218. The molecule has 0 amide bonds. The van der Waals surface area contributed by atoms with E-state index in [0.717, 1.165) is 36.4 Å². The average Bonchev–Trinajstić information content (AvgIpc) is 2.91. The minimum Gasteiger partial charge on any atom is -0.465 e. The van der Waals surface area contributed by atoms with Gasteiger partial charge in [-0.3, -0.25) is 0 Å². The molecule has 1 N–H and O–H groups in total. The van der Waals surface area contributed by atoms with Crippen molar-refractivity contribution in [3.63, 3.8) is 0 Å². The molecule has 1 aromatic carbocycles. The van der Waals surface area contributed by atoms with Crippen molar-refractivity contribution < 1.29 is 9.53 Å². The summed E-state index contributed by atoms with van der Waals surface area (Å²) >= 11 is 1.71. The lowest BCUT2D eigenvalue weighted by Crippen LogP contribution is -2.10. The molecule has 110 valence electrons. The molecule has 3 nitrogen and oxygen atoms in total. The van der Waals surface area contributed by atoms with Gasteiger partial charge in [0.1, 0.15) is 5.00 Å². The number of anilines is 1. The molecule has 0 saturated heterocycles. The van der Waals surface area contributed by atoms with E-state index in [-0.39, 0.29) is 5.97 Å². The smallest absolute Gasteiger partial charge is 0.341 e. The molecule has 21 heavy (non-hydrogen) atoms. The standard InChI is InChI=1S/C17H19NO2S/c1-20-17(19)15-13-9-5-6-10-14(13)21-16(15)18-11-12-7-3-2-4-8-12/h2-4,7-8,18H,5-6,9-11H2,1H3. The highest BCUT2D eigenvalue weighted by atomic mass is 32.1. The van der Waals surface area contributed by atoms with Gasteiger partial charge in [0, 0.05) is 11.4 Å². The number of hydrogen-bond acceptors (Lipinski definition) is 4. The highest BCUT2D eigenvalue weighted by Gasteiger charge is 2.25. The number of benzene rings is 1. The summed E-state index contributed by atoms with van der Waals surface area (Å²) in [6.45, 7) is 0.726. The first-order chi connectivity index (χ1) is 10.3. The zero-order valence-corrected chi connectivity index (χ0v) is 13.0. The van der Waals surface area contributed by atoms with Crippen LogP contribution in [0.25, 0.3) is 0 Å². The van der Waals surface area contributed by atoms with Gasteiger partial charge in [0.2, 0.25) is 0 Å². The number of carbonyl (C=O) groups excluding carboxylic acids is 1. The molecule has 0 spiro atoms. The summed E-state index contributed by atoms with van der Waals surface area (Å²) in [7, 11) is 1.45. The normalized spacial score (nSPS) is 13.6. The summed E-state index contributed by atoms with van der Waals surface area (Å²) in [5.41, 5.74) is 3.17. The topological polar surface area (TPSA) is 38.3 Å². The van der Waals surface area contributed by atoms with Crippen LogP contribution in [-0.2, 0) is 24.1 Å². The summed E-state index contributed by atoms with van der Waals surface area (Å²) in [6, 6.07) is 10.2. The third kappa shape index (κ3) is 2.95. The highest BCUT2D eigenvalue weighted by Crippen LogP contribution is 2.38.